The number of hydrogen-bond donors (Lipinski definition) is 6. The van der Waals surface area contributed by atoms with E-state index in [-0.39, 0.29) is 5.82 Å². The summed E-state index contributed by atoms with van der Waals surface area (Å²) < 4.78 is 0. The van der Waals surface area contributed by atoms with Crippen LogP contribution in [0.1, 0.15) is 11.9 Å². The largest absolute Gasteiger partial charge is 0.394 e. The van der Waals surface area contributed by atoms with Crippen molar-refractivity contribution in [2.24, 2.45) is 0 Å². The number of aromatic amines is 1. The van der Waals surface area contributed by atoms with Gasteiger partial charge in [0, 0.05) is 5.02 Å². The molecule has 2 aromatic rings. The van der Waals surface area contributed by atoms with Gasteiger partial charge in [-0.15, -0.1) is 0 Å². The number of nitrogens with zero attached hydrogens (tertiary/aromatic N) is 1. The summed E-state index contributed by atoms with van der Waals surface area (Å²) in [5, 5.41) is 47.7. The average molecular weight is 303 g/mol. The van der Waals surface area contributed by atoms with E-state index in [0.29, 0.717) is 16.1 Å². The Morgan fingerprint density at radius 2 is 1.85 bits per heavy atom. The quantitative estimate of drug-likeness (QED) is 0.434. The highest BCUT2D eigenvalue weighted by atomic mass is 35.5. The van der Waals surface area contributed by atoms with Crippen molar-refractivity contribution < 1.29 is 25.5 Å². The van der Waals surface area contributed by atoms with Crippen LogP contribution in [-0.4, -0.2) is 60.4 Å². The highest BCUT2D eigenvalue weighted by molar-refractivity contribution is 6.31. The van der Waals surface area contributed by atoms with Gasteiger partial charge in [-0.05, 0) is 18.2 Å². The maximum Gasteiger partial charge on any atom is 0.140 e. The predicted molar refractivity (Wildman–Crippen MR) is 71.2 cm³/mol. The highest BCUT2D eigenvalue weighted by Gasteiger charge is 2.32. The van der Waals surface area contributed by atoms with E-state index in [9.17, 15) is 20.4 Å². The number of aromatic nitrogens is 2. The van der Waals surface area contributed by atoms with Crippen molar-refractivity contribution in [3.05, 3.63) is 29.0 Å². The highest BCUT2D eigenvalue weighted by Crippen LogP contribution is 2.23. The third-order valence-electron chi connectivity index (χ3n) is 3.00. The normalized spacial score (nSPS) is 17.9. The molecule has 0 fully saturated rings. The average Bonchev–Trinajstić information content (AvgIpc) is 2.86. The summed E-state index contributed by atoms with van der Waals surface area (Å²) >= 11 is 5.82. The molecule has 7 nitrogen and oxygen atoms in total. The first-order valence-corrected chi connectivity index (χ1v) is 6.30. The Kier molecular flexibility index (Phi) is 4.59. The SMILES string of the molecule is OC[C@@H](O)[C@H](O)[C@H](O)[C@@H](O)c1nc2ccc(Cl)cc2[nH]1. The van der Waals surface area contributed by atoms with Crippen molar-refractivity contribution in [1.29, 1.82) is 0 Å². The summed E-state index contributed by atoms with van der Waals surface area (Å²) in [6, 6.07) is 4.86. The molecule has 0 amide bonds. The predicted octanol–water partition coefficient (Wildman–Crippen LogP) is -0.675. The van der Waals surface area contributed by atoms with E-state index in [1.54, 1.807) is 18.2 Å². The Morgan fingerprint density at radius 3 is 2.50 bits per heavy atom. The van der Waals surface area contributed by atoms with E-state index in [0.717, 1.165) is 0 Å². The summed E-state index contributed by atoms with van der Waals surface area (Å²) in [5.74, 6) is 0.0268. The van der Waals surface area contributed by atoms with Crippen LogP contribution in [0, 0.1) is 0 Å². The molecule has 0 aliphatic carbocycles. The van der Waals surface area contributed by atoms with Crippen LogP contribution in [0.5, 0.6) is 0 Å². The van der Waals surface area contributed by atoms with Crippen LogP contribution in [0.25, 0.3) is 11.0 Å². The van der Waals surface area contributed by atoms with Gasteiger partial charge in [-0.2, -0.15) is 0 Å². The lowest BCUT2D eigenvalue weighted by molar-refractivity contribution is -0.117. The van der Waals surface area contributed by atoms with Crippen LogP contribution in [0.15, 0.2) is 18.2 Å². The number of imidazole rings is 1. The molecule has 0 radical (unpaired) electrons. The molecular weight excluding hydrogens is 288 g/mol. The number of H-pyrrole nitrogens is 1. The fourth-order valence-corrected chi connectivity index (χ4v) is 2.00. The Labute approximate surface area is 119 Å². The standard InChI is InChI=1S/C12H15ClN2O5/c13-5-1-2-6-7(3-5)15-12(14-6)11(20)10(19)9(18)8(17)4-16/h1-3,8-11,16-20H,4H2,(H,14,15)/t8-,9+,10+,11-/m1/s1. The van der Waals surface area contributed by atoms with Gasteiger partial charge in [0.1, 0.15) is 30.2 Å². The maximum atomic E-state index is 9.94. The van der Waals surface area contributed by atoms with Crippen molar-refractivity contribution in [2.75, 3.05) is 6.61 Å². The van der Waals surface area contributed by atoms with E-state index < -0.39 is 31.0 Å². The van der Waals surface area contributed by atoms with Crippen molar-refractivity contribution in [3.63, 3.8) is 0 Å². The molecule has 0 saturated carbocycles. The topological polar surface area (TPSA) is 130 Å². The van der Waals surface area contributed by atoms with Gasteiger partial charge < -0.3 is 30.5 Å². The lowest BCUT2D eigenvalue weighted by Crippen LogP contribution is -2.42. The summed E-state index contributed by atoms with van der Waals surface area (Å²) in [6.07, 6.45) is -6.50. The molecule has 0 unspecified atom stereocenters. The van der Waals surface area contributed by atoms with Gasteiger partial charge in [0.2, 0.25) is 0 Å². The summed E-state index contributed by atoms with van der Waals surface area (Å²) in [7, 11) is 0. The minimum absolute atomic E-state index is 0.0268. The third kappa shape index (κ3) is 2.93. The van der Waals surface area contributed by atoms with Crippen LogP contribution >= 0.6 is 11.6 Å². The molecule has 0 aliphatic rings. The van der Waals surface area contributed by atoms with Crippen LogP contribution in [0.2, 0.25) is 5.02 Å². The Bertz CT molecular complexity index is 590. The minimum Gasteiger partial charge on any atom is -0.394 e. The molecule has 0 aliphatic heterocycles. The minimum atomic E-state index is -1.70. The second kappa shape index (κ2) is 6.04. The second-order valence-corrected chi connectivity index (χ2v) is 4.90. The molecule has 1 aromatic heterocycles. The third-order valence-corrected chi connectivity index (χ3v) is 3.23. The number of aliphatic hydroxyl groups excluding tert-OH is 5. The van der Waals surface area contributed by atoms with Gasteiger partial charge in [-0.25, -0.2) is 4.98 Å². The summed E-state index contributed by atoms with van der Waals surface area (Å²) in [5.41, 5.74) is 1.10. The molecule has 8 heteroatoms. The van der Waals surface area contributed by atoms with E-state index in [2.05, 4.69) is 9.97 Å². The van der Waals surface area contributed by atoms with E-state index in [1.165, 1.54) is 0 Å². The van der Waals surface area contributed by atoms with Gasteiger partial charge >= 0.3 is 0 Å². The molecule has 0 bridgehead atoms. The number of rotatable bonds is 5. The molecular formula is C12H15ClN2O5. The first-order chi connectivity index (χ1) is 9.43. The Balaban J connectivity index is 2.24. The van der Waals surface area contributed by atoms with Gasteiger partial charge in [-0.3, -0.25) is 0 Å². The second-order valence-electron chi connectivity index (χ2n) is 4.46. The lowest BCUT2D eigenvalue weighted by Gasteiger charge is -2.24. The van der Waals surface area contributed by atoms with Gasteiger partial charge in [0.05, 0.1) is 17.6 Å². The van der Waals surface area contributed by atoms with Crippen molar-refractivity contribution in [3.8, 4) is 0 Å². The Hall–Kier alpha value is -1.22. The zero-order chi connectivity index (χ0) is 14.9. The Morgan fingerprint density at radius 1 is 1.15 bits per heavy atom. The zero-order valence-corrected chi connectivity index (χ0v) is 11.1. The molecule has 110 valence electrons. The number of halogens is 1. The molecule has 2 rings (SSSR count). The molecule has 0 spiro atoms. The number of nitrogens with one attached hydrogen (secondary N) is 1. The van der Waals surface area contributed by atoms with Crippen molar-refractivity contribution in [2.45, 2.75) is 24.4 Å². The van der Waals surface area contributed by atoms with Crippen molar-refractivity contribution >= 4 is 22.6 Å². The number of hydrogen-bond acceptors (Lipinski definition) is 6. The first kappa shape index (κ1) is 15.2. The lowest BCUT2D eigenvalue weighted by atomic mass is 10.0. The first-order valence-electron chi connectivity index (χ1n) is 5.92. The molecule has 6 N–H and O–H groups in total. The van der Waals surface area contributed by atoms with Gasteiger partial charge in [0.15, 0.2) is 0 Å². The zero-order valence-electron chi connectivity index (χ0n) is 10.3. The van der Waals surface area contributed by atoms with Gasteiger partial charge in [0.25, 0.3) is 0 Å². The smallest absolute Gasteiger partial charge is 0.140 e. The van der Waals surface area contributed by atoms with Gasteiger partial charge in [-0.1, -0.05) is 11.6 Å². The van der Waals surface area contributed by atoms with Crippen LogP contribution in [0.4, 0.5) is 0 Å². The summed E-state index contributed by atoms with van der Waals surface area (Å²) in [4.78, 5) is 6.83. The summed E-state index contributed by atoms with van der Waals surface area (Å²) in [6.45, 7) is -0.735. The molecule has 4 atom stereocenters. The monoisotopic (exact) mass is 302 g/mol. The molecule has 1 heterocycles. The van der Waals surface area contributed by atoms with E-state index >= 15 is 0 Å². The number of fused-ring (bicyclic) bond motifs is 1. The number of benzene rings is 1. The van der Waals surface area contributed by atoms with Crippen LogP contribution in [0.3, 0.4) is 0 Å². The van der Waals surface area contributed by atoms with Crippen LogP contribution < -0.4 is 0 Å². The molecule has 1 aromatic carbocycles. The maximum absolute atomic E-state index is 9.94. The molecule has 0 saturated heterocycles. The van der Waals surface area contributed by atoms with Crippen LogP contribution in [-0.2, 0) is 0 Å². The molecule has 20 heavy (non-hydrogen) atoms. The van der Waals surface area contributed by atoms with Crippen molar-refractivity contribution in [1.82, 2.24) is 9.97 Å². The van der Waals surface area contributed by atoms with E-state index in [1.807, 2.05) is 0 Å². The fraction of sp³-hybridized carbons (Fsp3) is 0.417. The fourth-order valence-electron chi connectivity index (χ4n) is 1.83. The van der Waals surface area contributed by atoms with E-state index in [4.69, 9.17) is 16.7 Å². The number of aliphatic hydroxyl groups is 5.